The number of esters is 1. The molecule has 1 aromatic carbocycles. The fourth-order valence-corrected chi connectivity index (χ4v) is 2.04. The van der Waals surface area contributed by atoms with Crippen LogP contribution in [0.1, 0.15) is 34.6 Å². The number of furan rings is 1. The highest BCUT2D eigenvalue weighted by Crippen LogP contribution is 2.18. The van der Waals surface area contributed by atoms with Crippen molar-refractivity contribution in [2.75, 3.05) is 7.11 Å². The van der Waals surface area contributed by atoms with Gasteiger partial charge in [0, 0.05) is 11.1 Å². The second kappa shape index (κ2) is 6.59. The second-order valence-corrected chi connectivity index (χ2v) is 4.89. The number of methoxy groups -OCH3 is 1. The van der Waals surface area contributed by atoms with Gasteiger partial charge in [-0.25, -0.2) is 4.79 Å². The first-order chi connectivity index (χ1) is 9.60. The number of halogens is 1. The zero-order valence-corrected chi connectivity index (χ0v) is 12.1. The smallest absolute Gasteiger partial charge is 0.341 e. The van der Waals surface area contributed by atoms with E-state index in [0.29, 0.717) is 22.9 Å². The van der Waals surface area contributed by atoms with Gasteiger partial charge in [-0.2, -0.15) is 0 Å². The Morgan fingerprint density at radius 2 is 2.25 bits per heavy atom. The highest BCUT2D eigenvalue weighted by Gasteiger charge is 2.11. The number of carbonyl (C=O) groups excluding carboxylic acids is 1. The third-order valence-corrected chi connectivity index (χ3v) is 3.24. The van der Waals surface area contributed by atoms with Crippen molar-refractivity contribution >= 4 is 17.6 Å². The van der Waals surface area contributed by atoms with E-state index >= 15 is 0 Å². The van der Waals surface area contributed by atoms with Crippen molar-refractivity contribution in [2.24, 2.45) is 0 Å². The number of hydrogen-bond acceptors (Lipinski definition) is 4. The molecule has 0 amide bonds. The molecule has 0 aliphatic carbocycles. The fraction of sp³-hybridized carbons (Fsp3) is 0.267. The lowest BCUT2D eigenvalue weighted by atomic mass is 10.1. The summed E-state index contributed by atoms with van der Waals surface area (Å²) in [6.07, 6.45) is 1.40. The summed E-state index contributed by atoms with van der Waals surface area (Å²) in [7, 11) is 1.34. The van der Waals surface area contributed by atoms with Crippen LogP contribution >= 0.6 is 11.6 Å². The van der Waals surface area contributed by atoms with Crippen molar-refractivity contribution < 1.29 is 13.9 Å². The molecule has 20 heavy (non-hydrogen) atoms. The van der Waals surface area contributed by atoms with E-state index in [-0.39, 0.29) is 6.04 Å². The molecule has 1 N–H and O–H groups in total. The van der Waals surface area contributed by atoms with Crippen LogP contribution in [0.15, 0.2) is 41.0 Å². The molecule has 1 unspecified atom stereocenters. The summed E-state index contributed by atoms with van der Waals surface area (Å²) in [5.41, 5.74) is 1.51. The van der Waals surface area contributed by atoms with E-state index in [1.165, 1.54) is 13.4 Å². The molecule has 5 heteroatoms. The number of benzene rings is 1. The number of carbonyl (C=O) groups is 1. The number of hydrogen-bond donors (Lipinski definition) is 1. The SMILES string of the molecule is COC(=O)c1coc(CNC(C)c2cccc(Cl)c2)c1. The molecule has 2 rings (SSSR count). The van der Waals surface area contributed by atoms with E-state index in [2.05, 4.69) is 10.1 Å². The Morgan fingerprint density at radius 3 is 2.95 bits per heavy atom. The molecule has 0 aliphatic rings. The fourth-order valence-electron chi connectivity index (χ4n) is 1.85. The first-order valence-electron chi connectivity index (χ1n) is 6.24. The summed E-state index contributed by atoms with van der Waals surface area (Å²) in [5.74, 6) is 0.280. The minimum atomic E-state index is -0.400. The van der Waals surface area contributed by atoms with Crippen LogP contribution in [0.4, 0.5) is 0 Å². The van der Waals surface area contributed by atoms with E-state index in [9.17, 15) is 4.79 Å². The summed E-state index contributed by atoms with van der Waals surface area (Å²) in [6, 6.07) is 9.47. The van der Waals surface area contributed by atoms with Gasteiger partial charge >= 0.3 is 5.97 Å². The molecule has 4 nitrogen and oxygen atoms in total. The Balaban J connectivity index is 1.95. The minimum Gasteiger partial charge on any atom is -0.467 e. The van der Waals surface area contributed by atoms with Gasteiger partial charge in [0.05, 0.1) is 19.2 Å². The standard InChI is InChI=1S/C15H16ClNO3/c1-10(11-4-3-5-13(16)6-11)17-8-14-7-12(9-20-14)15(18)19-2/h3-7,9-10,17H,8H2,1-2H3. The van der Waals surface area contributed by atoms with Gasteiger partial charge in [-0.15, -0.1) is 0 Å². The molecule has 1 aromatic heterocycles. The average Bonchev–Trinajstić information content (AvgIpc) is 2.92. The van der Waals surface area contributed by atoms with Crippen molar-refractivity contribution in [3.63, 3.8) is 0 Å². The third kappa shape index (κ3) is 3.62. The van der Waals surface area contributed by atoms with Crippen molar-refractivity contribution in [3.05, 3.63) is 58.5 Å². The molecule has 2 aromatic rings. The quantitative estimate of drug-likeness (QED) is 0.856. The van der Waals surface area contributed by atoms with E-state index in [4.69, 9.17) is 16.0 Å². The van der Waals surface area contributed by atoms with Gasteiger partial charge in [-0.3, -0.25) is 0 Å². The van der Waals surface area contributed by atoms with Crippen LogP contribution in [0.3, 0.4) is 0 Å². The normalized spacial score (nSPS) is 12.2. The largest absolute Gasteiger partial charge is 0.467 e. The number of nitrogens with one attached hydrogen (secondary N) is 1. The maximum Gasteiger partial charge on any atom is 0.341 e. The van der Waals surface area contributed by atoms with Crippen LogP contribution in [-0.2, 0) is 11.3 Å². The first-order valence-corrected chi connectivity index (χ1v) is 6.62. The Hall–Kier alpha value is -1.78. The summed E-state index contributed by atoms with van der Waals surface area (Å²) in [4.78, 5) is 11.3. The average molecular weight is 294 g/mol. The van der Waals surface area contributed by atoms with Gasteiger partial charge in [0.15, 0.2) is 0 Å². The molecule has 0 spiro atoms. The van der Waals surface area contributed by atoms with Gasteiger partial charge in [0.25, 0.3) is 0 Å². The topological polar surface area (TPSA) is 51.5 Å². The number of rotatable bonds is 5. The molecule has 0 radical (unpaired) electrons. The Labute approximate surface area is 122 Å². The molecule has 0 aliphatic heterocycles. The van der Waals surface area contributed by atoms with Crippen LogP contribution in [-0.4, -0.2) is 13.1 Å². The van der Waals surface area contributed by atoms with Crippen LogP contribution in [0.2, 0.25) is 5.02 Å². The zero-order valence-electron chi connectivity index (χ0n) is 11.4. The molecule has 0 saturated carbocycles. The molecule has 1 atom stereocenters. The molecular formula is C15H16ClNO3. The predicted molar refractivity (Wildman–Crippen MR) is 76.8 cm³/mol. The Morgan fingerprint density at radius 1 is 1.45 bits per heavy atom. The predicted octanol–water partition coefficient (Wildman–Crippen LogP) is 3.57. The Kier molecular flexibility index (Phi) is 4.82. The van der Waals surface area contributed by atoms with Gasteiger partial charge in [0.2, 0.25) is 0 Å². The monoisotopic (exact) mass is 293 g/mol. The van der Waals surface area contributed by atoms with Gasteiger partial charge < -0.3 is 14.5 Å². The molecular weight excluding hydrogens is 278 g/mol. The van der Waals surface area contributed by atoms with Crippen LogP contribution in [0.25, 0.3) is 0 Å². The molecule has 1 heterocycles. The first kappa shape index (κ1) is 14.6. The van der Waals surface area contributed by atoms with Crippen molar-refractivity contribution in [1.29, 1.82) is 0 Å². The minimum absolute atomic E-state index is 0.125. The lowest BCUT2D eigenvalue weighted by Crippen LogP contribution is -2.17. The third-order valence-electron chi connectivity index (χ3n) is 3.01. The van der Waals surface area contributed by atoms with E-state index < -0.39 is 5.97 Å². The lowest BCUT2D eigenvalue weighted by Gasteiger charge is -2.13. The van der Waals surface area contributed by atoms with E-state index in [1.807, 2.05) is 31.2 Å². The second-order valence-electron chi connectivity index (χ2n) is 4.45. The van der Waals surface area contributed by atoms with Crippen LogP contribution in [0, 0.1) is 0 Å². The van der Waals surface area contributed by atoms with Gasteiger partial charge in [-0.05, 0) is 30.7 Å². The summed E-state index contributed by atoms with van der Waals surface area (Å²) >= 11 is 5.96. The van der Waals surface area contributed by atoms with Crippen LogP contribution < -0.4 is 5.32 Å². The van der Waals surface area contributed by atoms with Gasteiger partial charge in [-0.1, -0.05) is 23.7 Å². The van der Waals surface area contributed by atoms with E-state index in [0.717, 1.165) is 5.56 Å². The molecule has 0 fully saturated rings. The van der Waals surface area contributed by atoms with Gasteiger partial charge in [0.1, 0.15) is 12.0 Å². The zero-order chi connectivity index (χ0) is 14.5. The van der Waals surface area contributed by atoms with Crippen molar-refractivity contribution in [2.45, 2.75) is 19.5 Å². The molecule has 0 bridgehead atoms. The van der Waals surface area contributed by atoms with Crippen LogP contribution in [0.5, 0.6) is 0 Å². The maximum atomic E-state index is 11.3. The Bertz CT molecular complexity index is 594. The summed E-state index contributed by atoms with van der Waals surface area (Å²) < 4.78 is 9.93. The number of ether oxygens (including phenoxy) is 1. The highest BCUT2D eigenvalue weighted by molar-refractivity contribution is 6.30. The van der Waals surface area contributed by atoms with E-state index in [1.54, 1.807) is 6.07 Å². The summed E-state index contributed by atoms with van der Waals surface area (Å²) in [5, 5.41) is 4.02. The highest BCUT2D eigenvalue weighted by atomic mass is 35.5. The lowest BCUT2D eigenvalue weighted by molar-refractivity contribution is 0.0600. The van der Waals surface area contributed by atoms with Crippen molar-refractivity contribution in [3.8, 4) is 0 Å². The molecule has 106 valence electrons. The van der Waals surface area contributed by atoms with Crippen molar-refractivity contribution in [1.82, 2.24) is 5.32 Å². The molecule has 0 saturated heterocycles. The summed E-state index contributed by atoms with van der Waals surface area (Å²) in [6.45, 7) is 2.56. The maximum absolute atomic E-state index is 11.3.